The summed E-state index contributed by atoms with van der Waals surface area (Å²) in [6.45, 7) is 3.95. The summed E-state index contributed by atoms with van der Waals surface area (Å²) in [5.74, 6) is -0.112. The molecule has 0 saturated carbocycles. The maximum absolute atomic E-state index is 12.5. The summed E-state index contributed by atoms with van der Waals surface area (Å²) in [6.07, 6.45) is 0. The van der Waals surface area contributed by atoms with Crippen molar-refractivity contribution in [1.82, 2.24) is 0 Å². The Morgan fingerprint density at radius 3 is 2.43 bits per heavy atom. The van der Waals surface area contributed by atoms with Gasteiger partial charge in [0.2, 0.25) is 0 Å². The van der Waals surface area contributed by atoms with E-state index in [1.807, 2.05) is 32.0 Å². The lowest BCUT2D eigenvalue weighted by Crippen LogP contribution is -2.23. The minimum atomic E-state index is -3.44. The molecule has 2 N–H and O–H groups in total. The molecular formula is C16H18BrNO2S. The SMILES string of the molecule is Cc1ccc(C(N)CS(=O)(=O)c2ccccc2Br)c(C)c1. The summed E-state index contributed by atoms with van der Waals surface area (Å²) < 4.78 is 25.6. The van der Waals surface area contributed by atoms with Crippen LogP contribution in [-0.2, 0) is 9.84 Å². The number of hydrogen-bond donors (Lipinski definition) is 1. The first-order chi connectivity index (χ1) is 9.81. The van der Waals surface area contributed by atoms with E-state index >= 15 is 0 Å². The van der Waals surface area contributed by atoms with Gasteiger partial charge < -0.3 is 5.73 Å². The monoisotopic (exact) mass is 367 g/mol. The van der Waals surface area contributed by atoms with Crippen molar-refractivity contribution in [2.45, 2.75) is 24.8 Å². The first-order valence-electron chi connectivity index (χ1n) is 6.61. The molecule has 2 aromatic rings. The molecule has 0 aliphatic heterocycles. The fourth-order valence-electron chi connectivity index (χ4n) is 2.35. The van der Waals surface area contributed by atoms with Crippen molar-refractivity contribution < 1.29 is 8.42 Å². The van der Waals surface area contributed by atoms with Crippen molar-refractivity contribution in [3.05, 3.63) is 63.6 Å². The zero-order valence-electron chi connectivity index (χ0n) is 12.0. The van der Waals surface area contributed by atoms with Gasteiger partial charge in [-0.2, -0.15) is 0 Å². The molecule has 0 spiro atoms. The molecule has 0 fully saturated rings. The second-order valence-corrected chi connectivity index (χ2v) is 8.04. The minimum Gasteiger partial charge on any atom is -0.323 e. The Balaban J connectivity index is 2.30. The molecule has 5 heteroatoms. The lowest BCUT2D eigenvalue weighted by atomic mass is 10.0. The highest BCUT2D eigenvalue weighted by atomic mass is 79.9. The van der Waals surface area contributed by atoms with Crippen molar-refractivity contribution in [2.24, 2.45) is 5.73 Å². The van der Waals surface area contributed by atoms with Crippen LogP contribution >= 0.6 is 15.9 Å². The zero-order chi connectivity index (χ0) is 15.6. The second-order valence-electron chi connectivity index (χ2n) is 5.18. The molecule has 1 atom stereocenters. The molecule has 1 unspecified atom stereocenters. The van der Waals surface area contributed by atoms with Gasteiger partial charge in [-0.25, -0.2) is 8.42 Å². The van der Waals surface area contributed by atoms with E-state index in [9.17, 15) is 8.42 Å². The van der Waals surface area contributed by atoms with Gasteiger partial charge in [-0.15, -0.1) is 0 Å². The lowest BCUT2D eigenvalue weighted by molar-refractivity contribution is 0.588. The summed E-state index contributed by atoms with van der Waals surface area (Å²) in [4.78, 5) is 0.283. The predicted molar refractivity (Wildman–Crippen MR) is 89.0 cm³/mol. The number of sulfone groups is 1. The van der Waals surface area contributed by atoms with Crippen molar-refractivity contribution in [2.75, 3.05) is 5.75 Å². The number of rotatable bonds is 4. The fraction of sp³-hybridized carbons (Fsp3) is 0.250. The molecule has 0 aliphatic carbocycles. The molecule has 3 nitrogen and oxygen atoms in total. The molecule has 0 aromatic heterocycles. The number of hydrogen-bond acceptors (Lipinski definition) is 3. The maximum atomic E-state index is 12.5. The normalized spacial score (nSPS) is 13.1. The summed E-state index contributed by atoms with van der Waals surface area (Å²) in [5, 5.41) is 0. The van der Waals surface area contributed by atoms with Crippen LogP contribution in [0.25, 0.3) is 0 Å². The van der Waals surface area contributed by atoms with Crippen LogP contribution in [0.3, 0.4) is 0 Å². The Labute approximate surface area is 134 Å². The molecule has 0 radical (unpaired) electrons. The van der Waals surface area contributed by atoms with Crippen LogP contribution in [0.5, 0.6) is 0 Å². The molecule has 2 aromatic carbocycles. The topological polar surface area (TPSA) is 60.2 Å². The van der Waals surface area contributed by atoms with Crippen molar-refractivity contribution in [3.8, 4) is 0 Å². The highest BCUT2D eigenvalue weighted by molar-refractivity contribution is 9.10. The smallest absolute Gasteiger partial charge is 0.181 e. The van der Waals surface area contributed by atoms with Gasteiger partial charge in [0.1, 0.15) is 0 Å². The highest BCUT2D eigenvalue weighted by Crippen LogP contribution is 2.26. The van der Waals surface area contributed by atoms with Crippen LogP contribution in [0.2, 0.25) is 0 Å². The van der Waals surface area contributed by atoms with Crippen LogP contribution in [0.4, 0.5) is 0 Å². The van der Waals surface area contributed by atoms with E-state index in [-0.39, 0.29) is 10.6 Å². The van der Waals surface area contributed by atoms with Crippen molar-refractivity contribution in [1.29, 1.82) is 0 Å². The van der Waals surface area contributed by atoms with Gasteiger partial charge in [-0.3, -0.25) is 0 Å². The van der Waals surface area contributed by atoms with E-state index in [0.29, 0.717) is 4.47 Å². The first kappa shape index (κ1) is 16.2. The Morgan fingerprint density at radius 1 is 1.14 bits per heavy atom. The second kappa shape index (κ2) is 6.30. The molecule has 0 bridgehead atoms. The van der Waals surface area contributed by atoms with E-state index in [1.54, 1.807) is 24.3 Å². The van der Waals surface area contributed by atoms with Gasteiger partial charge in [0.05, 0.1) is 10.6 Å². The zero-order valence-corrected chi connectivity index (χ0v) is 14.4. The van der Waals surface area contributed by atoms with E-state index in [2.05, 4.69) is 15.9 Å². The maximum Gasteiger partial charge on any atom is 0.181 e. The summed E-state index contributed by atoms with van der Waals surface area (Å²) in [7, 11) is -3.44. The molecule has 112 valence electrons. The largest absolute Gasteiger partial charge is 0.323 e. The van der Waals surface area contributed by atoms with E-state index in [1.165, 1.54) is 0 Å². The van der Waals surface area contributed by atoms with Gasteiger partial charge >= 0.3 is 0 Å². The quantitative estimate of drug-likeness (QED) is 0.898. The van der Waals surface area contributed by atoms with Gasteiger partial charge in [0.25, 0.3) is 0 Å². The van der Waals surface area contributed by atoms with Gasteiger partial charge in [-0.05, 0) is 53.0 Å². The van der Waals surface area contributed by atoms with Crippen molar-refractivity contribution >= 4 is 25.8 Å². The number of halogens is 1. The van der Waals surface area contributed by atoms with Crippen LogP contribution in [-0.4, -0.2) is 14.2 Å². The third kappa shape index (κ3) is 3.73. The summed E-state index contributed by atoms with van der Waals surface area (Å²) in [6, 6.07) is 12.1. The van der Waals surface area contributed by atoms with Gasteiger partial charge in [0, 0.05) is 10.5 Å². The molecule has 0 aliphatic rings. The highest BCUT2D eigenvalue weighted by Gasteiger charge is 2.22. The number of benzene rings is 2. The summed E-state index contributed by atoms with van der Waals surface area (Å²) >= 11 is 3.28. The van der Waals surface area contributed by atoms with Gasteiger partial charge in [0.15, 0.2) is 9.84 Å². The average molecular weight is 368 g/mol. The van der Waals surface area contributed by atoms with E-state index in [4.69, 9.17) is 5.73 Å². The van der Waals surface area contributed by atoms with Crippen LogP contribution < -0.4 is 5.73 Å². The number of aryl methyl sites for hydroxylation is 2. The fourth-order valence-corrected chi connectivity index (χ4v) is 4.86. The molecule has 0 saturated heterocycles. The Kier molecular flexibility index (Phi) is 4.86. The lowest BCUT2D eigenvalue weighted by Gasteiger charge is -2.16. The third-order valence-electron chi connectivity index (χ3n) is 3.40. The van der Waals surface area contributed by atoms with Crippen LogP contribution in [0.15, 0.2) is 51.8 Å². The van der Waals surface area contributed by atoms with Crippen LogP contribution in [0.1, 0.15) is 22.7 Å². The third-order valence-corrected chi connectivity index (χ3v) is 6.17. The minimum absolute atomic E-state index is 0.112. The molecule has 0 amide bonds. The Hall–Kier alpha value is -1.17. The van der Waals surface area contributed by atoms with Gasteiger partial charge in [-0.1, -0.05) is 35.9 Å². The average Bonchev–Trinajstić information content (AvgIpc) is 2.38. The Morgan fingerprint density at radius 2 is 1.81 bits per heavy atom. The summed E-state index contributed by atoms with van der Waals surface area (Å²) in [5.41, 5.74) is 9.15. The van der Waals surface area contributed by atoms with Crippen molar-refractivity contribution in [3.63, 3.8) is 0 Å². The van der Waals surface area contributed by atoms with E-state index < -0.39 is 15.9 Å². The van der Waals surface area contributed by atoms with E-state index in [0.717, 1.165) is 16.7 Å². The molecule has 0 heterocycles. The predicted octanol–water partition coefficient (Wildman–Crippen LogP) is 3.54. The molecule has 21 heavy (non-hydrogen) atoms. The first-order valence-corrected chi connectivity index (χ1v) is 9.06. The standard InChI is InChI=1S/C16H18BrNO2S/c1-11-7-8-13(12(2)9-11)15(18)10-21(19,20)16-6-4-3-5-14(16)17/h3-9,15H,10,18H2,1-2H3. The van der Waals surface area contributed by atoms with Crippen LogP contribution in [0, 0.1) is 13.8 Å². The Bertz CT molecular complexity index is 757. The number of nitrogens with two attached hydrogens (primary N) is 1. The molecule has 2 rings (SSSR count). The molecular weight excluding hydrogens is 350 g/mol.